The summed E-state index contributed by atoms with van der Waals surface area (Å²) in [6.07, 6.45) is 5.43. The number of aliphatic hydroxyl groups excluding tert-OH is 1. The van der Waals surface area contributed by atoms with Crippen LogP contribution in [0.15, 0.2) is 0 Å². The quantitative estimate of drug-likeness (QED) is 0.482. The van der Waals surface area contributed by atoms with Crippen LogP contribution in [0.5, 0.6) is 0 Å². The predicted molar refractivity (Wildman–Crippen MR) is 110 cm³/mol. The molecule has 1 N–H and O–H groups in total. The highest BCUT2D eigenvalue weighted by molar-refractivity contribution is 6.74. The fourth-order valence-corrected chi connectivity index (χ4v) is 4.94. The average Bonchev–Trinajstić information content (AvgIpc) is 2.95. The summed E-state index contributed by atoms with van der Waals surface area (Å²) >= 11 is 0. The minimum Gasteiger partial charge on any atom is -0.414 e. The van der Waals surface area contributed by atoms with Gasteiger partial charge in [0.1, 0.15) is 5.60 Å². The monoisotopic (exact) mass is 397 g/mol. The van der Waals surface area contributed by atoms with E-state index in [2.05, 4.69) is 38.7 Å². The Morgan fingerprint density at radius 1 is 1.30 bits per heavy atom. The maximum Gasteiger partial charge on any atom is 0.223 e. The van der Waals surface area contributed by atoms with Gasteiger partial charge < -0.3 is 23.9 Å². The third-order valence-electron chi connectivity index (χ3n) is 6.66. The van der Waals surface area contributed by atoms with Crippen molar-refractivity contribution >= 4 is 8.32 Å². The zero-order chi connectivity index (χ0) is 20.3. The van der Waals surface area contributed by atoms with Gasteiger partial charge in [-0.2, -0.15) is 0 Å². The topological polar surface area (TPSA) is 52.3 Å². The number of rotatable bonds is 8. The van der Waals surface area contributed by atoms with E-state index in [-0.39, 0.29) is 36.0 Å². The van der Waals surface area contributed by atoms with Crippen molar-refractivity contribution in [3.8, 4) is 0 Å². The van der Waals surface area contributed by atoms with Gasteiger partial charge in [-0.05, 0) is 43.8 Å². The molecular weight excluding hydrogens is 358 g/mol. The normalized spacial score (nSPS) is 32.7. The van der Waals surface area contributed by atoms with Gasteiger partial charge in [-0.3, -0.25) is 0 Å². The van der Waals surface area contributed by atoms with Crippen molar-refractivity contribution in [2.24, 2.45) is 0 Å². The van der Waals surface area contributed by atoms with Crippen LogP contribution in [-0.4, -0.2) is 56.6 Å². The van der Waals surface area contributed by atoms with Gasteiger partial charge in [0.15, 0.2) is 8.32 Å². The maximum atomic E-state index is 9.18. The molecule has 0 aliphatic carbocycles. The Kier molecular flexibility index (Phi) is 7.54. The van der Waals surface area contributed by atoms with E-state index in [1.165, 1.54) is 0 Å². The molecule has 27 heavy (non-hydrogen) atoms. The van der Waals surface area contributed by atoms with Gasteiger partial charge in [0.2, 0.25) is 6.04 Å². The van der Waals surface area contributed by atoms with E-state index in [9.17, 15) is 5.11 Å². The molecule has 0 amide bonds. The number of hydrogen-bond acceptors (Lipinski definition) is 4. The average molecular weight is 398 g/mol. The fourth-order valence-electron chi connectivity index (χ4n) is 3.90. The van der Waals surface area contributed by atoms with Crippen LogP contribution in [0.1, 0.15) is 66.2 Å². The summed E-state index contributed by atoms with van der Waals surface area (Å²) in [5, 5.41) is 9.34. The molecule has 2 saturated heterocycles. The second-order valence-corrected chi connectivity index (χ2v) is 14.8. The Hall–Kier alpha value is -0.453. The molecule has 1 unspecified atom stereocenters. The minimum atomic E-state index is -1.89. The Bertz CT molecular complexity index is 527. The lowest BCUT2D eigenvalue weighted by molar-refractivity contribution is -0.181. The third-order valence-corrected chi connectivity index (χ3v) is 11.1. The number of fused-ring (bicyclic) bond motifs is 1. The molecule has 5 nitrogen and oxygen atoms in total. The molecule has 2 fully saturated rings. The summed E-state index contributed by atoms with van der Waals surface area (Å²) in [4.78, 5) is 3.65. The van der Waals surface area contributed by atoms with E-state index in [1.807, 2.05) is 6.92 Å². The molecule has 2 aliphatic rings. The number of hydrogen-bond donors (Lipinski definition) is 1. The molecule has 0 aromatic heterocycles. The summed E-state index contributed by atoms with van der Waals surface area (Å²) in [5.74, 6) is 0. The molecule has 2 rings (SSSR count). The van der Waals surface area contributed by atoms with E-state index < -0.39 is 13.9 Å². The Balaban J connectivity index is 2.13. The molecule has 0 aromatic rings. The van der Waals surface area contributed by atoms with E-state index >= 15 is 0 Å². The molecular formula is C21H39NO4Si. The Morgan fingerprint density at radius 2 is 2.00 bits per heavy atom. The highest BCUT2D eigenvalue weighted by Gasteiger charge is 2.54. The first-order valence-corrected chi connectivity index (χ1v) is 13.4. The van der Waals surface area contributed by atoms with Crippen LogP contribution >= 0.6 is 0 Å². The van der Waals surface area contributed by atoms with E-state index in [0.29, 0.717) is 6.61 Å². The van der Waals surface area contributed by atoms with Crippen molar-refractivity contribution in [1.29, 1.82) is 0 Å². The summed E-state index contributed by atoms with van der Waals surface area (Å²) in [6.45, 7) is 21.3. The van der Waals surface area contributed by atoms with Crippen LogP contribution in [-0.2, 0) is 13.9 Å². The summed E-state index contributed by atoms with van der Waals surface area (Å²) in [7, 11) is -1.89. The summed E-state index contributed by atoms with van der Waals surface area (Å²) in [6, 6.07) is -0.0163. The first-order chi connectivity index (χ1) is 12.5. The molecule has 156 valence electrons. The second-order valence-electron chi connectivity index (χ2n) is 9.96. The van der Waals surface area contributed by atoms with E-state index in [4.69, 9.17) is 20.5 Å². The largest absolute Gasteiger partial charge is 0.414 e. The van der Waals surface area contributed by atoms with Gasteiger partial charge in [-0.15, -0.1) is 0 Å². The lowest BCUT2D eigenvalue weighted by Gasteiger charge is -2.45. The van der Waals surface area contributed by atoms with Crippen LogP contribution in [0.4, 0.5) is 0 Å². The van der Waals surface area contributed by atoms with Crippen molar-refractivity contribution in [1.82, 2.24) is 0 Å². The fraction of sp³-hybridized carbons (Fsp3) is 0.952. The van der Waals surface area contributed by atoms with Crippen molar-refractivity contribution in [2.75, 3.05) is 13.2 Å². The Morgan fingerprint density at radius 3 is 2.59 bits per heavy atom. The predicted octanol–water partition coefficient (Wildman–Crippen LogP) is 4.55. The molecule has 0 saturated carbocycles. The number of nitrogens with zero attached hydrogens (tertiary/aromatic N) is 1. The number of aliphatic hydroxyl groups is 1. The Labute approximate surface area is 166 Å². The number of ether oxygens (including phenoxy) is 2. The van der Waals surface area contributed by atoms with Gasteiger partial charge in [0, 0.05) is 26.4 Å². The highest BCUT2D eigenvalue weighted by Crippen LogP contribution is 2.45. The molecule has 0 bridgehead atoms. The van der Waals surface area contributed by atoms with Gasteiger partial charge in [-0.1, -0.05) is 20.8 Å². The van der Waals surface area contributed by atoms with E-state index in [1.54, 1.807) is 0 Å². The van der Waals surface area contributed by atoms with Crippen molar-refractivity contribution < 1.29 is 19.0 Å². The van der Waals surface area contributed by atoms with Crippen LogP contribution in [0.2, 0.25) is 18.1 Å². The highest BCUT2D eigenvalue weighted by atomic mass is 28.4. The van der Waals surface area contributed by atoms with Crippen molar-refractivity contribution in [2.45, 2.75) is 114 Å². The molecule has 0 radical (unpaired) electrons. The molecule has 2 aliphatic heterocycles. The lowest BCUT2D eigenvalue weighted by atomic mass is 9.85. The first kappa shape index (κ1) is 22.8. The minimum absolute atomic E-state index is 0.0163. The molecule has 5 atom stereocenters. The van der Waals surface area contributed by atoms with Crippen LogP contribution in [0.3, 0.4) is 0 Å². The van der Waals surface area contributed by atoms with Gasteiger partial charge in [0.25, 0.3) is 0 Å². The smallest absolute Gasteiger partial charge is 0.223 e. The lowest BCUT2D eigenvalue weighted by Crippen LogP contribution is -2.55. The third kappa shape index (κ3) is 5.54. The van der Waals surface area contributed by atoms with Crippen LogP contribution in [0, 0.1) is 6.57 Å². The zero-order valence-corrected chi connectivity index (χ0v) is 19.1. The first-order valence-electron chi connectivity index (χ1n) is 10.5. The standard InChI is InChI=1S/C21H39NO4Si/c1-16(22-5)13-17-10-11-19-21(26-17,14-18(25-19)9-8-12-23)15-24-27(6,7)20(2,3)4/h16-19,23H,8-15H2,1-4,6-7H3/t16-,17?,18+,19+,21-/m1/s1. The molecule has 0 aromatic carbocycles. The van der Waals surface area contributed by atoms with Crippen LogP contribution in [0.25, 0.3) is 4.85 Å². The maximum absolute atomic E-state index is 9.18. The summed E-state index contributed by atoms with van der Waals surface area (Å²) in [5.41, 5.74) is -0.402. The van der Waals surface area contributed by atoms with Crippen molar-refractivity contribution in [3.63, 3.8) is 0 Å². The zero-order valence-electron chi connectivity index (χ0n) is 18.1. The van der Waals surface area contributed by atoms with Crippen LogP contribution < -0.4 is 0 Å². The van der Waals surface area contributed by atoms with Crippen molar-refractivity contribution in [3.05, 3.63) is 11.4 Å². The molecule has 2 heterocycles. The molecule has 0 spiro atoms. The van der Waals surface area contributed by atoms with E-state index in [0.717, 1.165) is 38.5 Å². The van der Waals surface area contributed by atoms with Gasteiger partial charge in [0.05, 0.1) is 24.9 Å². The van der Waals surface area contributed by atoms with Gasteiger partial charge >= 0.3 is 0 Å². The second kappa shape index (κ2) is 8.92. The molecule has 6 heteroatoms. The SMILES string of the molecule is [C-]#[N+][C@H](C)CC1CC[C@@H]2O[C@@H](CCCO)C[C@]2(CO[Si](C)(C)C(C)(C)C)O1. The van der Waals surface area contributed by atoms with Gasteiger partial charge in [-0.25, -0.2) is 6.57 Å². The summed E-state index contributed by atoms with van der Waals surface area (Å²) < 4.78 is 19.6.